The number of benzene rings is 10. The normalized spacial score (nSPS) is 12.2. The van der Waals surface area contributed by atoms with Crippen LogP contribution in [0.15, 0.2) is 243 Å². The first-order valence-electron chi connectivity index (χ1n) is 22.1. The van der Waals surface area contributed by atoms with E-state index in [2.05, 4.69) is 262 Å². The molecule has 1 aliphatic heterocycles. The minimum absolute atomic E-state index is 1.08. The fourth-order valence-electron chi connectivity index (χ4n) is 10.0. The van der Waals surface area contributed by atoms with Gasteiger partial charge in [0.05, 0.1) is 33.0 Å². The van der Waals surface area contributed by atoms with E-state index in [0.717, 1.165) is 67.9 Å². The highest BCUT2D eigenvalue weighted by atomic mass is 32.1. The van der Waals surface area contributed by atoms with Crippen molar-refractivity contribution >= 4 is 105 Å². The third-order valence-corrected chi connectivity index (χ3v) is 14.1. The van der Waals surface area contributed by atoms with Crippen LogP contribution in [-0.4, -0.2) is 4.57 Å². The molecule has 0 atom stereocenters. The Morgan fingerprint density at radius 2 is 0.954 bits per heavy atom. The van der Waals surface area contributed by atoms with Gasteiger partial charge in [0.1, 0.15) is 5.82 Å². The first-order chi connectivity index (χ1) is 32.3. The van der Waals surface area contributed by atoms with Crippen molar-refractivity contribution in [2.75, 3.05) is 14.7 Å². The molecule has 65 heavy (non-hydrogen) atoms. The summed E-state index contributed by atoms with van der Waals surface area (Å²) in [6.45, 7) is 0. The SMILES string of the molecule is c1ccc(N2c3ccccc3N(c3ccccc3)c3c2c2cc(N(c4ccc(-c5cccc6ccccc56)cc4)c4cccc5c4sc4ccccc45)ccc2n3-c2ccccc2)cc1. The number of rotatable bonds is 7. The van der Waals surface area contributed by atoms with E-state index in [1.165, 1.54) is 42.1 Å². The predicted molar refractivity (Wildman–Crippen MR) is 277 cm³/mol. The number of hydrogen-bond acceptors (Lipinski definition) is 4. The highest BCUT2D eigenvalue weighted by Gasteiger charge is 2.37. The maximum absolute atomic E-state index is 2.47. The van der Waals surface area contributed by atoms with Crippen LogP contribution in [0.2, 0.25) is 0 Å². The summed E-state index contributed by atoms with van der Waals surface area (Å²) in [7, 11) is 0. The topological polar surface area (TPSA) is 14.7 Å². The molecule has 0 amide bonds. The van der Waals surface area contributed by atoms with E-state index < -0.39 is 0 Å². The lowest BCUT2D eigenvalue weighted by Gasteiger charge is -2.39. The van der Waals surface area contributed by atoms with Gasteiger partial charge in [-0.25, -0.2) is 0 Å². The lowest BCUT2D eigenvalue weighted by atomic mass is 9.98. The van der Waals surface area contributed by atoms with Crippen LogP contribution in [0.5, 0.6) is 0 Å². The van der Waals surface area contributed by atoms with E-state index in [1.54, 1.807) is 0 Å². The van der Waals surface area contributed by atoms with E-state index in [0.29, 0.717) is 0 Å². The lowest BCUT2D eigenvalue weighted by molar-refractivity contribution is 1.05. The lowest BCUT2D eigenvalue weighted by Crippen LogP contribution is -2.25. The molecule has 0 radical (unpaired) electrons. The third-order valence-electron chi connectivity index (χ3n) is 12.9. The molecule has 0 N–H and O–H groups in total. The number of aromatic nitrogens is 1. The molecule has 0 saturated heterocycles. The number of hydrogen-bond donors (Lipinski definition) is 0. The van der Waals surface area contributed by atoms with Crippen molar-refractivity contribution in [2.24, 2.45) is 0 Å². The molecular formula is C60H40N4S. The highest BCUT2D eigenvalue weighted by Crippen LogP contribution is 2.59. The zero-order valence-corrected chi connectivity index (χ0v) is 36.1. The van der Waals surface area contributed by atoms with Crippen molar-refractivity contribution < 1.29 is 0 Å². The van der Waals surface area contributed by atoms with Crippen molar-refractivity contribution in [1.29, 1.82) is 0 Å². The molecule has 0 fully saturated rings. The summed E-state index contributed by atoms with van der Waals surface area (Å²) in [6.07, 6.45) is 0. The fourth-order valence-corrected chi connectivity index (χ4v) is 11.2. The summed E-state index contributed by atoms with van der Waals surface area (Å²) in [5.41, 5.74) is 13.5. The summed E-state index contributed by atoms with van der Waals surface area (Å²) in [5, 5.41) is 6.18. The van der Waals surface area contributed by atoms with Gasteiger partial charge in [-0.2, -0.15) is 0 Å². The largest absolute Gasteiger partial charge is 0.309 e. The van der Waals surface area contributed by atoms with Crippen LogP contribution in [0.25, 0.3) is 58.7 Å². The van der Waals surface area contributed by atoms with E-state index in [9.17, 15) is 0 Å². The van der Waals surface area contributed by atoms with E-state index in [-0.39, 0.29) is 0 Å². The molecule has 0 spiro atoms. The van der Waals surface area contributed by atoms with Crippen LogP contribution in [0.3, 0.4) is 0 Å². The number of fused-ring (bicyclic) bond motifs is 8. The molecule has 306 valence electrons. The van der Waals surface area contributed by atoms with Crippen molar-refractivity contribution in [2.45, 2.75) is 0 Å². The molecule has 2 aromatic heterocycles. The predicted octanol–water partition coefficient (Wildman–Crippen LogP) is 17.5. The molecule has 5 heteroatoms. The second kappa shape index (κ2) is 15.2. The zero-order chi connectivity index (χ0) is 42.8. The Kier molecular flexibility index (Phi) is 8.68. The van der Waals surface area contributed by atoms with Crippen LogP contribution >= 0.6 is 11.3 Å². The summed E-state index contributed by atoms with van der Waals surface area (Å²) in [6, 6.07) is 88.2. The van der Waals surface area contributed by atoms with Gasteiger partial charge in [0.2, 0.25) is 0 Å². The van der Waals surface area contributed by atoms with Crippen LogP contribution < -0.4 is 14.7 Å². The van der Waals surface area contributed by atoms with E-state index >= 15 is 0 Å². The van der Waals surface area contributed by atoms with Gasteiger partial charge in [0.15, 0.2) is 0 Å². The Morgan fingerprint density at radius 3 is 1.71 bits per heavy atom. The fraction of sp³-hybridized carbons (Fsp3) is 0. The zero-order valence-electron chi connectivity index (χ0n) is 35.3. The molecule has 13 rings (SSSR count). The molecule has 1 aliphatic rings. The number of thiophene rings is 1. The molecule has 0 bridgehead atoms. The van der Waals surface area contributed by atoms with Gasteiger partial charge in [0.25, 0.3) is 0 Å². The van der Waals surface area contributed by atoms with Gasteiger partial charge in [-0.1, -0.05) is 152 Å². The van der Waals surface area contributed by atoms with Gasteiger partial charge in [0, 0.05) is 49.3 Å². The Labute approximate surface area is 381 Å². The van der Waals surface area contributed by atoms with Crippen LogP contribution in [-0.2, 0) is 0 Å². The Hall–Kier alpha value is -8.38. The van der Waals surface area contributed by atoms with Gasteiger partial charge < -0.3 is 9.80 Å². The molecule has 0 saturated carbocycles. The summed E-state index contributed by atoms with van der Waals surface area (Å²) < 4.78 is 4.98. The maximum atomic E-state index is 2.47. The van der Waals surface area contributed by atoms with E-state index in [4.69, 9.17) is 0 Å². The number of anilines is 9. The number of nitrogens with zero attached hydrogens (tertiary/aromatic N) is 4. The standard InChI is InChI=1S/C60H40N4S/c1-4-20-43(21-5-1)62-54-30-13-14-31-55(54)64(45-24-8-3-9-25-45)60-58(62)52-40-47(38-39-53(52)63(60)44-22-6-2-7-23-44)61(56-32-17-29-51-50-27-12-15-33-57(50)65-59(51)56)46-36-34-42(35-37-46)49-28-16-19-41-18-10-11-26-48(41)49/h1-40H. The monoisotopic (exact) mass is 848 g/mol. The van der Waals surface area contributed by atoms with E-state index in [1.807, 2.05) is 11.3 Å². The quantitative estimate of drug-likeness (QED) is 0.159. The van der Waals surface area contributed by atoms with Crippen LogP contribution in [0, 0.1) is 0 Å². The van der Waals surface area contributed by atoms with Gasteiger partial charge in [-0.05, 0) is 113 Å². The minimum Gasteiger partial charge on any atom is -0.309 e. The molecule has 0 aliphatic carbocycles. The van der Waals surface area contributed by atoms with Crippen molar-refractivity contribution in [3.63, 3.8) is 0 Å². The molecule has 10 aromatic carbocycles. The Bertz CT molecular complexity index is 3720. The Balaban J connectivity index is 1.10. The first-order valence-corrected chi connectivity index (χ1v) is 22.9. The Morgan fingerprint density at radius 1 is 0.385 bits per heavy atom. The summed E-state index contributed by atoms with van der Waals surface area (Å²) >= 11 is 1.86. The second-order valence-electron chi connectivity index (χ2n) is 16.5. The van der Waals surface area contributed by atoms with Gasteiger partial charge in [-0.3, -0.25) is 9.47 Å². The third kappa shape index (κ3) is 5.97. The van der Waals surface area contributed by atoms with Crippen molar-refractivity contribution in [3.8, 4) is 16.8 Å². The van der Waals surface area contributed by atoms with Gasteiger partial charge >= 0.3 is 0 Å². The van der Waals surface area contributed by atoms with Crippen LogP contribution in [0.1, 0.15) is 0 Å². The highest BCUT2D eigenvalue weighted by molar-refractivity contribution is 7.26. The maximum Gasteiger partial charge on any atom is 0.148 e. The number of para-hydroxylation sites is 5. The minimum atomic E-state index is 1.08. The molecule has 0 unspecified atom stereocenters. The first kappa shape index (κ1) is 37.2. The average Bonchev–Trinajstić information content (AvgIpc) is 3.93. The van der Waals surface area contributed by atoms with Crippen molar-refractivity contribution in [1.82, 2.24) is 4.57 Å². The second-order valence-corrected chi connectivity index (χ2v) is 17.6. The summed E-state index contributed by atoms with van der Waals surface area (Å²) in [5.74, 6) is 1.08. The average molecular weight is 849 g/mol. The molecular weight excluding hydrogens is 809 g/mol. The smallest absolute Gasteiger partial charge is 0.148 e. The van der Waals surface area contributed by atoms with Crippen LogP contribution in [0.4, 0.5) is 51.3 Å². The molecule has 4 nitrogen and oxygen atoms in total. The summed E-state index contributed by atoms with van der Waals surface area (Å²) in [4.78, 5) is 7.37. The van der Waals surface area contributed by atoms with Crippen molar-refractivity contribution in [3.05, 3.63) is 243 Å². The molecule has 3 heterocycles. The van der Waals surface area contributed by atoms with Gasteiger partial charge in [-0.15, -0.1) is 11.3 Å². The molecule has 12 aromatic rings.